The molecule has 0 aliphatic rings. The van der Waals surface area contributed by atoms with Crippen molar-refractivity contribution in [3.8, 4) is 5.69 Å². The van der Waals surface area contributed by atoms with Gasteiger partial charge in [-0.1, -0.05) is 24.3 Å². The smallest absolute Gasteiger partial charge is 0.337 e. The molecule has 1 aromatic heterocycles. The molecule has 0 saturated heterocycles. The molecule has 2 aromatic carbocycles. The largest absolute Gasteiger partial charge is 0.465 e. The number of para-hydroxylation sites is 1. The standard InChI is InChI=1S/C24H25N3O5/c1-5-32-24(30)21(25-22(28)17-10-9-11-18(14-17)23(29)31-4)20-15(2)26-27(16(20)3)19-12-7-6-8-13-19/h6-14,21H,5H2,1-4H3,(H,25,28)/t21-/m0/s1. The predicted octanol–water partition coefficient (Wildman–Crippen LogP) is 3.31. The van der Waals surface area contributed by atoms with Gasteiger partial charge in [0, 0.05) is 16.8 Å². The van der Waals surface area contributed by atoms with Crippen LogP contribution in [0.2, 0.25) is 0 Å². The van der Waals surface area contributed by atoms with Gasteiger partial charge in [0.05, 0.1) is 30.7 Å². The van der Waals surface area contributed by atoms with Gasteiger partial charge in [-0.3, -0.25) is 4.79 Å². The van der Waals surface area contributed by atoms with Crippen molar-refractivity contribution in [3.63, 3.8) is 0 Å². The molecule has 8 nitrogen and oxygen atoms in total. The highest BCUT2D eigenvalue weighted by atomic mass is 16.5. The molecule has 0 fully saturated rings. The van der Waals surface area contributed by atoms with E-state index in [2.05, 4.69) is 10.4 Å². The van der Waals surface area contributed by atoms with Crippen molar-refractivity contribution in [2.45, 2.75) is 26.8 Å². The summed E-state index contributed by atoms with van der Waals surface area (Å²) in [6.07, 6.45) is 0. The molecule has 3 aromatic rings. The van der Waals surface area contributed by atoms with E-state index in [1.54, 1.807) is 36.7 Å². The summed E-state index contributed by atoms with van der Waals surface area (Å²) in [4.78, 5) is 37.6. The Morgan fingerprint density at radius 1 is 1.03 bits per heavy atom. The number of hydrogen-bond donors (Lipinski definition) is 1. The predicted molar refractivity (Wildman–Crippen MR) is 118 cm³/mol. The number of esters is 2. The molecule has 0 bridgehead atoms. The van der Waals surface area contributed by atoms with Crippen LogP contribution in [-0.4, -0.2) is 41.3 Å². The van der Waals surface area contributed by atoms with Gasteiger partial charge in [0.2, 0.25) is 0 Å². The van der Waals surface area contributed by atoms with E-state index in [1.165, 1.54) is 13.2 Å². The first-order chi connectivity index (χ1) is 15.4. The fraction of sp³-hybridized carbons (Fsp3) is 0.250. The average Bonchev–Trinajstić information content (AvgIpc) is 3.11. The Labute approximate surface area is 186 Å². The summed E-state index contributed by atoms with van der Waals surface area (Å²) in [6.45, 7) is 5.47. The number of benzene rings is 2. The molecule has 0 aliphatic carbocycles. The maximum Gasteiger partial charge on any atom is 0.337 e. The second kappa shape index (κ2) is 9.91. The highest BCUT2D eigenvalue weighted by molar-refractivity contribution is 5.99. The molecule has 0 saturated carbocycles. The molecule has 0 unspecified atom stereocenters. The summed E-state index contributed by atoms with van der Waals surface area (Å²) >= 11 is 0. The first-order valence-corrected chi connectivity index (χ1v) is 10.1. The van der Waals surface area contributed by atoms with Gasteiger partial charge in [-0.05, 0) is 51.1 Å². The van der Waals surface area contributed by atoms with E-state index < -0.39 is 23.9 Å². The van der Waals surface area contributed by atoms with Gasteiger partial charge >= 0.3 is 11.9 Å². The van der Waals surface area contributed by atoms with E-state index in [0.717, 1.165) is 5.69 Å². The van der Waals surface area contributed by atoms with Crippen molar-refractivity contribution in [3.05, 3.63) is 82.7 Å². The number of aryl methyl sites for hydroxylation is 1. The van der Waals surface area contributed by atoms with Crippen LogP contribution in [0.1, 0.15) is 50.6 Å². The number of methoxy groups -OCH3 is 1. The number of aromatic nitrogens is 2. The first kappa shape index (κ1) is 22.7. The van der Waals surface area contributed by atoms with Crippen molar-refractivity contribution in [2.24, 2.45) is 0 Å². The molecule has 0 aliphatic heterocycles. The molecule has 1 atom stereocenters. The van der Waals surface area contributed by atoms with Crippen molar-refractivity contribution >= 4 is 17.8 Å². The van der Waals surface area contributed by atoms with E-state index >= 15 is 0 Å². The zero-order valence-electron chi connectivity index (χ0n) is 18.4. The van der Waals surface area contributed by atoms with Crippen LogP contribution in [0.15, 0.2) is 54.6 Å². The topological polar surface area (TPSA) is 99.5 Å². The summed E-state index contributed by atoms with van der Waals surface area (Å²) in [6, 6.07) is 14.5. The van der Waals surface area contributed by atoms with E-state index in [1.807, 2.05) is 37.3 Å². The Bertz CT molecular complexity index is 1140. The van der Waals surface area contributed by atoms with Gasteiger partial charge < -0.3 is 14.8 Å². The Balaban J connectivity index is 1.99. The Kier molecular flexibility index (Phi) is 7.04. The molecule has 1 heterocycles. The van der Waals surface area contributed by atoms with E-state index in [4.69, 9.17) is 9.47 Å². The van der Waals surface area contributed by atoms with Crippen molar-refractivity contribution in [2.75, 3.05) is 13.7 Å². The van der Waals surface area contributed by atoms with E-state index in [0.29, 0.717) is 17.0 Å². The number of rotatable bonds is 7. The van der Waals surface area contributed by atoms with Crippen LogP contribution in [0.3, 0.4) is 0 Å². The summed E-state index contributed by atoms with van der Waals surface area (Å²) < 4.78 is 11.7. The van der Waals surface area contributed by atoms with E-state index in [9.17, 15) is 14.4 Å². The lowest BCUT2D eigenvalue weighted by atomic mass is 10.0. The average molecular weight is 435 g/mol. The Hall–Kier alpha value is -3.94. The van der Waals surface area contributed by atoms with Gasteiger partial charge in [0.25, 0.3) is 5.91 Å². The number of nitrogens with zero attached hydrogens (tertiary/aromatic N) is 2. The molecular formula is C24H25N3O5. The zero-order chi connectivity index (χ0) is 23.3. The number of ether oxygens (including phenoxy) is 2. The molecule has 0 spiro atoms. The van der Waals surface area contributed by atoms with Gasteiger partial charge in [-0.15, -0.1) is 0 Å². The van der Waals surface area contributed by atoms with Gasteiger partial charge in [-0.25, -0.2) is 14.3 Å². The molecule has 3 rings (SSSR count). The van der Waals surface area contributed by atoms with Crippen LogP contribution in [0, 0.1) is 13.8 Å². The normalized spacial score (nSPS) is 11.5. The Morgan fingerprint density at radius 3 is 2.38 bits per heavy atom. The third kappa shape index (κ3) is 4.69. The summed E-state index contributed by atoms with van der Waals surface area (Å²) in [5.74, 6) is -1.68. The zero-order valence-corrected chi connectivity index (χ0v) is 18.4. The summed E-state index contributed by atoms with van der Waals surface area (Å²) in [5, 5.41) is 7.31. The van der Waals surface area contributed by atoms with Gasteiger partial charge in [-0.2, -0.15) is 5.10 Å². The first-order valence-electron chi connectivity index (χ1n) is 10.1. The molecular weight excluding hydrogens is 410 g/mol. The lowest BCUT2D eigenvalue weighted by Crippen LogP contribution is -2.35. The molecule has 1 N–H and O–H groups in total. The van der Waals surface area contributed by atoms with Crippen LogP contribution in [0.4, 0.5) is 0 Å². The van der Waals surface area contributed by atoms with Crippen LogP contribution in [0.25, 0.3) is 5.69 Å². The van der Waals surface area contributed by atoms with Crippen LogP contribution in [0.5, 0.6) is 0 Å². The van der Waals surface area contributed by atoms with Crippen molar-refractivity contribution in [1.82, 2.24) is 15.1 Å². The lowest BCUT2D eigenvalue weighted by Gasteiger charge is -2.18. The highest BCUT2D eigenvalue weighted by Gasteiger charge is 2.31. The summed E-state index contributed by atoms with van der Waals surface area (Å²) in [5.41, 5.74) is 3.14. The molecule has 1 amide bonds. The van der Waals surface area contributed by atoms with Crippen molar-refractivity contribution in [1.29, 1.82) is 0 Å². The lowest BCUT2D eigenvalue weighted by molar-refractivity contribution is -0.145. The third-order valence-electron chi connectivity index (χ3n) is 4.98. The monoisotopic (exact) mass is 435 g/mol. The molecule has 8 heteroatoms. The number of hydrogen-bond acceptors (Lipinski definition) is 6. The maximum atomic E-state index is 13.0. The fourth-order valence-corrected chi connectivity index (χ4v) is 3.49. The second-order valence-corrected chi connectivity index (χ2v) is 7.06. The number of carbonyl (C=O) groups is 3. The van der Waals surface area contributed by atoms with Gasteiger partial charge in [0.15, 0.2) is 6.04 Å². The third-order valence-corrected chi connectivity index (χ3v) is 4.98. The minimum Gasteiger partial charge on any atom is -0.465 e. The number of nitrogens with one attached hydrogen (secondary N) is 1. The van der Waals surface area contributed by atoms with Gasteiger partial charge in [0.1, 0.15) is 0 Å². The molecule has 0 radical (unpaired) electrons. The Morgan fingerprint density at radius 2 is 1.72 bits per heavy atom. The van der Waals surface area contributed by atoms with Crippen molar-refractivity contribution < 1.29 is 23.9 Å². The number of amides is 1. The van der Waals surface area contributed by atoms with Crippen LogP contribution >= 0.6 is 0 Å². The molecule has 166 valence electrons. The van der Waals surface area contributed by atoms with Crippen LogP contribution < -0.4 is 5.32 Å². The SMILES string of the molecule is CCOC(=O)[C@@H](NC(=O)c1cccc(C(=O)OC)c1)c1c(C)nn(-c2ccccc2)c1C. The minimum absolute atomic E-state index is 0.161. The number of carbonyl (C=O) groups excluding carboxylic acids is 3. The van der Waals surface area contributed by atoms with Crippen LogP contribution in [-0.2, 0) is 14.3 Å². The quantitative estimate of drug-likeness (QED) is 0.572. The highest BCUT2D eigenvalue weighted by Crippen LogP contribution is 2.26. The fourth-order valence-electron chi connectivity index (χ4n) is 3.49. The summed E-state index contributed by atoms with van der Waals surface area (Å²) in [7, 11) is 1.27. The maximum absolute atomic E-state index is 13.0. The molecule has 32 heavy (non-hydrogen) atoms. The minimum atomic E-state index is -1.07. The van der Waals surface area contributed by atoms with E-state index in [-0.39, 0.29) is 17.7 Å². The second-order valence-electron chi connectivity index (χ2n) is 7.06.